The maximum atomic E-state index is 14.2. The number of hydrogen-bond donors (Lipinski definition) is 1. The Kier molecular flexibility index (Phi) is 11.8. The van der Waals surface area contributed by atoms with Crippen LogP contribution >= 0.6 is 0 Å². The number of unbranched alkanes of at least 4 members (excludes halogenated alkanes) is 1. The first kappa shape index (κ1) is 32.5. The molecule has 3 rings (SSSR count). The highest BCUT2D eigenvalue weighted by atomic mass is 32.2. The predicted octanol–water partition coefficient (Wildman–Crippen LogP) is 4.93. The average molecular weight is 596 g/mol. The lowest BCUT2D eigenvalue weighted by Gasteiger charge is -2.33. The van der Waals surface area contributed by atoms with Crippen LogP contribution in [0, 0.1) is 6.92 Å². The van der Waals surface area contributed by atoms with Crippen LogP contribution in [0.1, 0.15) is 44.2 Å². The summed E-state index contributed by atoms with van der Waals surface area (Å²) in [7, 11) is -1.25. The van der Waals surface area contributed by atoms with Crippen LogP contribution in [-0.2, 0) is 26.2 Å². The van der Waals surface area contributed by atoms with Crippen LogP contribution < -0.4 is 19.1 Å². The van der Waals surface area contributed by atoms with Gasteiger partial charge in [-0.2, -0.15) is 0 Å². The lowest BCUT2D eigenvalue weighted by atomic mass is 10.1. The van der Waals surface area contributed by atoms with Gasteiger partial charge in [-0.3, -0.25) is 13.9 Å². The van der Waals surface area contributed by atoms with Gasteiger partial charge in [0.2, 0.25) is 11.8 Å². The molecule has 226 valence electrons. The zero-order valence-corrected chi connectivity index (χ0v) is 25.8. The van der Waals surface area contributed by atoms with Gasteiger partial charge in [-0.25, -0.2) is 8.42 Å². The van der Waals surface area contributed by atoms with Crippen LogP contribution in [0.5, 0.6) is 11.5 Å². The van der Waals surface area contributed by atoms with Crippen molar-refractivity contribution in [2.45, 2.75) is 57.5 Å². The molecule has 0 aliphatic carbocycles. The zero-order valence-electron chi connectivity index (χ0n) is 25.0. The van der Waals surface area contributed by atoms with Gasteiger partial charge in [0.1, 0.15) is 12.6 Å². The highest BCUT2D eigenvalue weighted by Gasteiger charge is 2.34. The van der Waals surface area contributed by atoms with Gasteiger partial charge >= 0.3 is 0 Å². The number of hydrogen-bond acceptors (Lipinski definition) is 6. The lowest BCUT2D eigenvalue weighted by Crippen LogP contribution is -2.52. The van der Waals surface area contributed by atoms with E-state index in [1.165, 1.54) is 37.3 Å². The Morgan fingerprint density at radius 2 is 1.62 bits per heavy atom. The Hall–Kier alpha value is -4.05. The van der Waals surface area contributed by atoms with E-state index >= 15 is 0 Å². The number of rotatable bonds is 15. The number of aryl methyl sites for hydroxylation is 1. The summed E-state index contributed by atoms with van der Waals surface area (Å²) >= 11 is 0. The molecular weight excluding hydrogens is 554 g/mol. The van der Waals surface area contributed by atoms with E-state index in [1.54, 1.807) is 30.3 Å². The van der Waals surface area contributed by atoms with Gasteiger partial charge in [0, 0.05) is 19.2 Å². The van der Waals surface area contributed by atoms with E-state index < -0.39 is 28.5 Å². The van der Waals surface area contributed by atoms with E-state index in [9.17, 15) is 18.0 Å². The fourth-order valence-corrected chi connectivity index (χ4v) is 6.09. The summed E-state index contributed by atoms with van der Waals surface area (Å²) in [6.07, 6.45) is 2.09. The number of ether oxygens (including phenoxy) is 2. The van der Waals surface area contributed by atoms with Crippen molar-refractivity contribution in [1.82, 2.24) is 10.2 Å². The summed E-state index contributed by atoms with van der Waals surface area (Å²) in [5.74, 6) is -0.0478. The molecule has 3 aromatic carbocycles. The summed E-state index contributed by atoms with van der Waals surface area (Å²) < 4.78 is 39.8. The Morgan fingerprint density at radius 1 is 0.905 bits per heavy atom. The van der Waals surface area contributed by atoms with E-state index in [0.717, 1.165) is 28.3 Å². The molecule has 2 amide bonds. The molecule has 0 radical (unpaired) electrons. The van der Waals surface area contributed by atoms with Crippen LogP contribution in [0.2, 0.25) is 0 Å². The Balaban J connectivity index is 2.08. The molecule has 10 heteroatoms. The van der Waals surface area contributed by atoms with Crippen LogP contribution in [-0.4, -0.2) is 58.5 Å². The van der Waals surface area contributed by atoms with Crippen molar-refractivity contribution < 1.29 is 27.5 Å². The molecule has 0 saturated heterocycles. The van der Waals surface area contributed by atoms with Crippen molar-refractivity contribution >= 4 is 27.5 Å². The number of amides is 2. The van der Waals surface area contributed by atoms with Gasteiger partial charge in [-0.05, 0) is 49.6 Å². The second kappa shape index (κ2) is 15.3. The molecule has 42 heavy (non-hydrogen) atoms. The minimum atomic E-state index is -4.19. The van der Waals surface area contributed by atoms with Crippen molar-refractivity contribution in [3.8, 4) is 11.5 Å². The van der Waals surface area contributed by atoms with E-state index in [1.807, 2.05) is 45.0 Å². The monoisotopic (exact) mass is 595 g/mol. The fraction of sp³-hybridized carbons (Fsp3) is 0.375. The first-order valence-corrected chi connectivity index (χ1v) is 15.5. The van der Waals surface area contributed by atoms with Crippen LogP contribution in [0.25, 0.3) is 0 Å². The fourth-order valence-electron chi connectivity index (χ4n) is 4.66. The number of carbonyl (C=O) groups is 2. The minimum absolute atomic E-state index is 0.0298. The molecule has 0 saturated carbocycles. The van der Waals surface area contributed by atoms with Gasteiger partial charge in [0.05, 0.1) is 24.8 Å². The zero-order chi connectivity index (χ0) is 30.7. The SMILES string of the molecule is CCCCNC(=O)[C@H](CC)N(Cc1cccc(C)c1)C(=O)CN(c1ccc(OC)c(OC)c1)S(=O)(=O)c1ccccc1. The van der Waals surface area contributed by atoms with E-state index in [2.05, 4.69) is 5.32 Å². The van der Waals surface area contributed by atoms with Gasteiger partial charge in [0.25, 0.3) is 10.0 Å². The third-order valence-corrected chi connectivity index (χ3v) is 8.70. The Labute approximate surface area is 249 Å². The van der Waals surface area contributed by atoms with E-state index in [4.69, 9.17) is 9.47 Å². The average Bonchev–Trinajstić information content (AvgIpc) is 2.99. The standard InChI is InChI=1S/C32H41N3O6S/c1-6-8-19-33-32(37)28(7-2)34(22-25-14-12-13-24(3)20-25)31(36)23-35(42(38,39)27-15-10-9-11-16-27)26-17-18-29(40-4)30(21-26)41-5/h9-18,20-21,28H,6-8,19,22-23H2,1-5H3,(H,33,37)/t28-/m0/s1. The smallest absolute Gasteiger partial charge is 0.264 e. The highest BCUT2D eigenvalue weighted by molar-refractivity contribution is 7.92. The van der Waals surface area contributed by atoms with Crippen molar-refractivity contribution in [1.29, 1.82) is 0 Å². The first-order valence-electron chi connectivity index (χ1n) is 14.1. The van der Waals surface area contributed by atoms with Gasteiger partial charge in [-0.15, -0.1) is 0 Å². The number of anilines is 1. The lowest BCUT2D eigenvalue weighted by molar-refractivity contribution is -0.140. The molecule has 9 nitrogen and oxygen atoms in total. The molecule has 0 spiro atoms. The predicted molar refractivity (Wildman–Crippen MR) is 164 cm³/mol. The second-order valence-electron chi connectivity index (χ2n) is 9.94. The molecule has 3 aromatic rings. The number of benzene rings is 3. The third kappa shape index (κ3) is 8.03. The largest absolute Gasteiger partial charge is 0.493 e. The number of nitrogens with zero attached hydrogens (tertiary/aromatic N) is 2. The molecule has 0 aliphatic heterocycles. The summed E-state index contributed by atoms with van der Waals surface area (Å²) in [6.45, 7) is 5.94. The van der Waals surface area contributed by atoms with Crippen molar-refractivity contribution in [2.75, 3.05) is 31.6 Å². The molecule has 1 atom stereocenters. The molecule has 0 aliphatic rings. The van der Waals surface area contributed by atoms with Crippen LogP contribution in [0.3, 0.4) is 0 Å². The Bertz CT molecular complexity index is 1450. The van der Waals surface area contributed by atoms with Crippen molar-refractivity contribution in [3.05, 3.63) is 83.9 Å². The van der Waals surface area contributed by atoms with E-state index in [-0.39, 0.29) is 23.0 Å². The van der Waals surface area contributed by atoms with Crippen molar-refractivity contribution in [2.24, 2.45) is 0 Å². The molecule has 0 aromatic heterocycles. The van der Waals surface area contributed by atoms with Crippen LogP contribution in [0.15, 0.2) is 77.7 Å². The summed E-state index contributed by atoms with van der Waals surface area (Å²) in [4.78, 5) is 29.0. The first-order chi connectivity index (χ1) is 20.2. The van der Waals surface area contributed by atoms with Gasteiger partial charge < -0.3 is 19.7 Å². The number of carbonyl (C=O) groups excluding carboxylic acids is 2. The number of sulfonamides is 1. The van der Waals surface area contributed by atoms with Crippen molar-refractivity contribution in [3.63, 3.8) is 0 Å². The Morgan fingerprint density at radius 3 is 2.24 bits per heavy atom. The molecular formula is C32H41N3O6S. The molecule has 1 N–H and O–H groups in total. The molecule has 0 unspecified atom stereocenters. The maximum Gasteiger partial charge on any atom is 0.264 e. The van der Waals surface area contributed by atoms with Gasteiger partial charge in [-0.1, -0.05) is 68.3 Å². The van der Waals surface area contributed by atoms with Crippen LogP contribution in [0.4, 0.5) is 5.69 Å². The molecule has 0 heterocycles. The number of methoxy groups -OCH3 is 2. The van der Waals surface area contributed by atoms with E-state index in [0.29, 0.717) is 24.5 Å². The summed E-state index contributed by atoms with van der Waals surface area (Å²) in [5, 5.41) is 2.94. The van der Waals surface area contributed by atoms with Gasteiger partial charge in [0.15, 0.2) is 11.5 Å². The molecule has 0 fully saturated rings. The summed E-state index contributed by atoms with van der Waals surface area (Å²) in [5.41, 5.74) is 2.08. The second-order valence-corrected chi connectivity index (χ2v) is 11.8. The third-order valence-electron chi connectivity index (χ3n) is 6.92. The normalized spacial score (nSPS) is 11.8. The highest BCUT2D eigenvalue weighted by Crippen LogP contribution is 2.34. The minimum Gasteiger partial charge on any atom is -0.493 e. The molecule has 0 bridgehead atoms. The topological polar surface area (TPSA) is 105 Å². The number of nitrogens with one attached hydrogen (secondary N) is 1. The summed E-state index contributed by atoms with van der Waals surface area (Å²) in [6, 6.07) is 19.5. The maximum absolute atomic E-state index is 14.2. The quantitative estimate of drug-likeness (QED) is 0.250.